The number of carbonyl (C=O) groups is 1. The van der Waals surface area contributed by atoms with Gasteiger partial charge in [-0.2, -0.15) is 0 Å². The Balaban J connectivity index is 0.000000325. The molecule has 4 nitrogen and oxygen atoms in total. The zero-order valence-electron chi connectivity index (χ0n) is 9.39. The van der Waals surface area contributed by atoms with Crippen molar-refractivity contribution in [3.05, 3.63) is 22.4 Å². The monoisotopic (exact) mass is 246 g/mol. The molecule has 0 unspecified atom stereocenters. The molecule has 0 spiro atoms. The van der Waals surface area contributed by atoms with Crippen molar-refractivity contribution in [2.45, 2.75) is 26.4 Å². The van der Waals surface area contributed by atoms with Crippen molar-refractivity contribution < 1.29 is 19.7 Å². The predicted molar refractivity (Wildman–Crippen MR) is 63.6 cm³/mol. The van der Waals surface area contributed by atoms with Gasteiger partial charge in [-0.15, -0.1) is 11.3 Å². The van der Waals surface area contributed by atoms with Gasteiger partial charge in [0.25, 0.3) is 0 Å². The smallest absolute Gasteiger partial charge is 0.303 e. The molecule has 5 heteroatoms. The summed E-state index contributed by atoms with van der Waals surface area (Å²) in [5, 5.41) is 18.3. The quantitative estimate of drug-likeness (QED) is 0.755. The Labute approximate surface area is 99.5 Å². The van der Waals surface area contributed by atoms with E-state index < -0.39 is 5.97 Å². The van der Waals surface area contributed by atoms with E-state index >= 15 is 0 Å². The van der Waals surface area contributed by atoms with Crippen molar-refractivity contribution in [3.63, 3.8) is 0 Å². The van der Waals surface area contributed by atoms with Crippen LogP contribution in [0.4, 0.5) is 0 Å². The highest BCUT2D eigenvalue weighted by Crippen LogP contribution is 2.08. The second-order valence-corrected chi connectivity index (χ2v) is 4.03. The van der Waals surface area contributed by atoms with Gasteiger partial charge in [-0.05, 0) is 17.9 Å². The van der Waals surface area contributed by atoms with Gasteiger partial charge in [0.15, 0.2) is 0 Å². The Bertz CT molecular complexity index is 259. The summed E-state index contributed by atoms with van der Waals surface area (Å²) in [6, 6.07) is 4.00. The zero-order valence-corrected chi connectivity index (χ0v) is 10.2. The van der Waals surface area contributed by atoms with Crippen molar-refractivity contribution in [3.8, 4) is 0 Å². The Kier molecular flexibility index (Phi) is 10.00. The van der Waals surface area contributed by atoms with Crippen molar-refractivity contribution in [2.24, 2.45) is 0 Å². The fourth-order valence-electron chi connectivity index (χ4n) is 0.846. The number of carboxylic acids is 1. The third-order valence-corrected chi connectivity index (χ3v) is 2.37. The van der Waals surface area contributed by atoms with E-state index in [1.807, 2.05) is 24.4 Å². The maximum atomic E-state index is 9.60. The van der Waals surface area contributed by atoms with Gasteiger partial charge >= 0.3 is 5.97 Å². The van der Waals surface area contributed by atoms with E-state index in [4.69, 9.17) is 14.9 Å². The zero-order chi connectivity index (χ0) is 12.2. The summed E-state index contributed by atoms with van der Waals surface area (Å²) in [4.78, 5) is 10.8. The number of aliphatic carboxylic acids is 1. The van der Waals surface area contributed by atoms with Crippen LogP contribution in [-0.2, 0) is 16.1 Å². The maximum absolute atomic E-state index is 9.60. The van der Waals surface area contributed by atoms with Crippen molar-refractivity contribution in [1.82, 2.24) is 0 Å². The van der Waals surface area contributed by atoms with Crippen LogP contribution in [0.2, 0.25) is 0 Å². The number of aliphatic hydroxyl groups excluding tert-OH is 1. The molecule has 92 valence electrons. The molecule has 1 aromatic rings. The van der Waals surface area contributed by atoms with E-state index in [1.54, 1.807) is 11.3 Å². The Morgan fingerprint density at radius 3 is 2.69 bits per heavy atom. The molecule has 0 aliphatic carbocycles. The molecular formula is C11H18O4S. The standard InChI is InChI=1S/C7H10O2S.C4H8O2/c8-3-4-9-6-7-2-1-5-10-7;1-2-3-4(5)6/h1-2,5,8H,3-4,6H2;2-3H2,1H3,(H,5,6). The minimum atomic E-state index is -0.711. The minimum absolute atomic E-state index is 0.103. The molecule has 0 bridgehead atoms. The van der Waals surface area contributed by atoms with Gasteiger partial charge in [0, 0.05) is 11.3 Å². The highest BCUT2D eigenvalue weighted by Gasteiger charge is 1.91. The summed E-state index contributed by atoms with van der Waals surface area (Å²) in [7, 11) is 0. The summed E-state index contributed by atoms with van der Waals surface area (Å²) >= 11 is 1.67. The lowest BCUT2D eigenvalue weighted by Gasteiger charge is -1.97. The van der Waals surface area contributed by atoms with Gasteiger partial charge in [-0.3, -0.25) is 4.79 Å². The molecule has 0 aromatic carbocycles. The molecule has 0 aliphatic heterocycles. The van der Waals surface area contributed by atoms with E-state index in [2.05, 4.69) is 0 Å². The molecule has 0 fully saturated rings. The molecule has 0 aliphatic rings. The number of hydrogen-bond acceptors (Lipinski definition) is 4. The number of carboxylic acid groups (broad SMARTS) is 1. The Morgan fingerprint density at radius 2 is 2.31 bits per heavy atom. The van der Waals surface area contributed by atoms with Crippen LogP contribution in [0.25, 0.3) is 0 Å². The van der Waals surface area contributed by atoms with Crippen LogP contribution >= 0.6 is 11.3 Å². The lowest BCUT2D eigenvalue weighted by molar-refractivity contribution is -0.137. The number of ether oxygens (including phenoxy) is 1. The molecule has 0 saturated carbocycles. The van der Waals surface area contributed by atoms with Crippen molar-refractivity contribution in [1.29, 1.82) is 0 Å². The van der Waals surface area contributed by atoms with E-state index in [0.717, 1.165) is 6.42 Å². The molecule has 2 N–H and O–H groups in total. The first-order valence-electron chi connectivity index (χ1n) is 5.13. The largest absolute Gasteiger partial charge is 0.481 e. The highest BCUT2D eigenvalue weighted by atomic mass is 32.1. The summed E-state index contributed by atoms with van der Waals surface area (Å²) in [6.07, 6.45) is 1.02. The van der Waals surface area contributed by atoms with E-state index in [1.165, 1.54) is 4.88 Å². The molecule has 16 heavy (non-hydrogen) atoms. The number of hydrogen-bond donors (Lipinski definition) is 2. The van der Waals surface area contributed by atoms with Gasteiger partial charge in [0.1, 0.15) is 0 Å². The molecule has 0 radical (unpaired) electrons. The van der Waals surface area contributed by atoms with Crippen LogP contribution in [0.15, 0.2) is 17.5 Å². The average Bonchev–Trinajstić information content (AvgIpc) is 2.72. The first-order valence-corrected chi connectivity index (χ1v) is 6.01. The van der Waals surface area contributed by atoms with Gasteiger partial charge in [-0.25, -0.2) is 0 Å². The number of rotatable bonds is 6. The Morgan fingerprint density at radius 1 is 1.56 bits per heavy atom. The molecule has 1 rings (SSSR count). The van der Waals surface area contributed by atoms with Gasteiger partial charge < -0.3 is 14.9 Å². The molecule has 0 saturated heterocycles. The second kappa shape index (κ2) is 10.6. The fraction of sp³-hybridized carbons (Fsp3) is 0.545. The van der Waals surface area contributed by atoms with Crippen LogP contribution in [0, 0.1) is 0 Å². The van der Waals surface area contributed by atoms with Gasteiger partial charge in [-0.1, -0.05) is 13.0 Å². The Hall–Kier alpha value is -0.910. The minimum Gasteiger partial charge on any atom is -0.481 e. The first-order chi connectivity index (χ1) is 7.70. The molecule has 0 atom stereocenters. The van der Waals surface area contributed by atoms with Crippen LogP contribution in [-0.4, -0.2) is 29.4 Å². The SMILES string of the molecule is CCCC(=O)O.OCCOCc1cccs1. The summed E-state index contributed by atoms with van der Waals surface area (Å²) < 4.78 is 5.09. The van der Waals surface area contributed by atoms with E-state index in [-0.39, 0.29) is 6.61 Å². The van der Waals surface area contributed by atoms with Crippen LogP contribution in [0.5, 0.6) is 0 Å². The first kappa shape index (κ1) is 15.1. The van der Waals surface area contributed by atoms with E-state index in [0.29, 0.717) is 19.6 Å². The van der Waals surface area contributed by atoms with Crippen LogP contribution in [0.3, 0.4) is 0 Å². The maximum Gasteiger partial charge on any atom is 0.303 e. The van der Waals surface area contributed by atoms with Crippen molar-refractivity contribution >= 4 is 17.3 Å². The fourth-order valence-corrected chi connectivity index (χ4v) is 1.49. The highest BCUT2D eigenvalue weighted by molar-refractivity contribution is 7.09. The number of aliphatic hydroxyl groups is 1. The molecule has 0 amide bonds. The van der Waals surface area contributed by atoms with Gasteiger partial charge in [0.05, 0.1) is 19.8 Å². The second-order valence-electron chi connectivity index (χ2n) is 3.00. The van der Waals surface area contributed by atoms with Gasteiger partial charge in [0.2, 0.25) is 0 Å². The third-order valence-electron chi connectivity index (χ3n) is 1.52. The predicted octanol–water partition coefficient (Wildman–Crippen LogP) is 2.13. The topological polar surface area (TPSA) is 66.8 Å². The summed E-state index contributed by atoms with van der Waals surface area (Å²) in [5.41, 5.74) is 0. The molecule has 1 aromatic heterocycles. The van der Waals surface area contributed by atoms with E-state index in [9.17, 15) is 4.79 Å². The third kappa shape index (κ3) is 9.64. The van der Waals surface area contributed by atoms with Crippen molar-refractivity contribution in [2.75, 3.05) is 13.2 Å². The summed E-state index contributed by atoms with van der Waals surface area (Å²) in [6.45, 7) is 3.00. The number of thiophene rings is 1. The lowest BCUT2D eigenvalue weighted by atomic mass is 10.4. The molecular weight excluding hydrogens is 228 g/mol. The normalized spacial score (nSPS) is 9.38. The average molecular weight is 246 g/mol. The summed E-state index contributed by atoms with van der Waals surface area (Å²) in [5.74, 6) is -0.711. The molecule has 1 heterocycles. The van der Waals surface area contributed by atoms with Crippen LogP contribution in [0.1, 0.15) is 24.6 Å². The van der Waals surface area contributed by atoms with Crippen LogP contribution < -0.4 is 0 Å². The lowest BCUT2D eigenvalue weighted by Crippen LogP contribution is -1.97.